The standard InChI is InChI=1S/C15H16Cl2N2O2/c16-11-6-10(7-12(17)8-11)14(20)9-15(21)19-5-3-13-2-1-4-18-13/h1-2,4,6-8,14,18,20H,3,5,9H2,(H,19,21). The lowest BCUT2D eigenvalue weighted by Crippen LogP contribution is -2.27. The van der Waals surface area contributed by atoms with E-state index < -0.39 is 6.10 Å². The molecule has 0 fully saturated rings. The number of aromatic amines is 1. The van der Waals surface area contributed by atoms with Gasteiger partial charge in [0, 0.05) is 34.9 Å². The van der Waals surface area contributed by atoms with Crippen LogP contribution in [0.3, 0.4) is 0 Å². The molecule has 0 bridgehead atoms. The second-order valence-corrected chi connectivity index (χ2v) is 5.59. The molecule has 1 atom stereocenters. The van der Waals surface area contributed by atoms with Gasteiger partial charge in [-0.25, -0.2) is 0 Å². The van der Waals surface area contributed by atoms with Gasteiger partial charge >= 0.3 is 0 Å². The first-order valence-corrected chi connectivity index (χ1v) is 7.33. The lowest BCUT2D eigenvalue weighted by Gasteiger charge is -2.12. The maximum atomic E-state index is 11.8. The highest BCUT2D eigenvalue weighted by Crippen LogP contribution is 2.25. The number of H-pyrrole nitrogens is 1. The number of aromatic nitrogens is 1. The summed E-state index contributed by atoms with van der Waals surface area (Å²) in [5.41, 5.74) is 1.59. The molecule has 1 unspecified atom stereocenters. The van der Waals surface area contributed by atoms with Crippen LogP contribution in [0.25, 0.3) is 0 Å². The van der Waals surface area contributed by atoms with Crippen molar-refractivity contribution >= 4 is 29.1 Å². The molecular weight excluding hydrogens is 311 g/mol. The second kappa shape index (κ2) is 7.50. The van der Waals surface area contributed by atoms with Crippen molar-refractivity contribution in [1.29, 1.82) is 0 Å². The number of halogens is 2. The van der Waals surface area contributed by atoms with Crippen LogP contribution in [-0.4, -0.2) is 22.5 Å². The van der Waals surface area contributed by atoms with E-state index in [1.54, 1.807) is 18.2 Å². The third kappa shape index (κ3) is 5.08. The molecule has 1 amide bonds. The fourth-order valence-electron chi connectivity index (χ4n) is 1.99. The van der Waals surface area contributed by atoms with Gasteiger partial charge in [0.25, 0.3) is 0 Å². The Morgan fingerprint density at radius 1 is 1.29 bits per heavy atom. The molecule has 1 heterocycles. The number of rotatable bonds is 6. The van der Waals surface area contributed by atoms with Crippen LogP contribution < -0.4 is 5.32 Å². The minimum absolute atomic E-state index is 0.0264. The summed E-state index contributed by atoms with van der Waals surface area (Å²) in [6, 6.07) is 8.64. The van der Waals surface area contributed by atoms with Crippen LogP contribution in [0.5, 0.6) is 0 Å². The van der Waals surface area contributed by atoms with Crippen molar-refractivity contribution in [3.63, 3.8) is 0 Å². The minimum Gasteiger partial charge on any atom is -0.388 e. The summed E-state index contributed by atoms with van der Waals surface area (Å²) in [5.74, 6) is -0.217. The van der Waals surface area contributed by atoms with E-state index in [2.05, 4.69) is 10.3 Å². The van der Waals surface area contributed by atoms with Crippen LogP contribution in [0.4, 0.5) is 0 Å². The Kier molecular flexibility index (Phi) is 5.67. The average Bonchev–Trinajstić information content (AvgIpc) is 2.90. The van der Waals surface area contributed by atoms with Gasteiger partial charge in [0.1, 0.15) is 0 Å². The van der Waals surface area contributed by atoms with E-state index in [1.807, 2.05) is 18.3 Å². The van der Waals surface area contributed by atoms with Gasteiger partial charge in [0.2, 0.25) is 5.91 Å². The number of benzene rings is 1. The number of carbonyl (C=O) groups excluding carboxylic acids is 1. The molecule has 0 saturated carbocycles. The van der Waals surface area contributed by atoms with Gasteiger partial charge in [-0.05, 0) is 35.9 Å². The number of aliphatic hydroxyl groups is 1. The highest BCUT2D eigenvalue weighted by Gasteiger charge is 2.14. The van der Waals surface area contributed by atoms with Crippen LogP contribution in [0.15, 0.2) is 36.5 Å². The van der Waals surface area contributed by atoms with Crippen molar-refractivity contribution in [3.8, 4) is 0 Å². The second-order valence-electron chi connectivity index (χ2n) is 4.72. The fourth-order valence-corrected chi connectivity index (χ4v) is 2.54. The lowest BCUT2D eigenvalue weighted by atomic mass is 10.1. The van der Waals surface area contributed by atoms with E-state index in [9.17, 15) is 9.90 Å². The highest BCUT2D eigenvalue weighted by atomic mass is 35.5. The first kappa shape index (κ1) is 15.9. The Balaban J connectivity index is 1.81. The molecule has 0 spiro atoms. The topological polar surface area (TPSA) is 65.1 Å². The van der Waals surface area contributed by atoms with Crippen LogP contribution in [0, 0.1) is 0 Å². The number of amides is 1. The molecule has 0 radical (unpaired) electrons. The summed E-state index contributed by atoms with van der Waals surface area (Å²) in [6.07, 6.45) is 1.61. The monoisotopic (exact) mass is 326 g/mol. The van der Waals surface area contributed by atoms with Crippen LogP contribution >= 0.6 is 23.2 Å². The highest BCUT2D eigenvalue weighted by molar-refractivity contribution is 6.34. The smallest absolute Gasteiger partial charge is 0.222 e. The number of carbonyl (C=O) groups is 1. The van der Waals surface area contributed by atoms with Crippen molar-refractivity contribution in [2.75, 3.05) is 6.54 Å². The normalized spacial score (nSPS) is 12.1. The maximum Gasteiger partial charge on any atom is 0.222 e. The Morgan fingerprint density at radius 2 is 2.00 bits per heavy atom. The number of hydrogen-bond donors (Lipinski definition) is 3. The lowest BCUT2D eigenvalue weighted by molar-refractivity contribution is -0.123. The molecule has 21 heavy (non-hydrogen) atoms. The van der Waals surface area contributed by atoms with Gasteiger partial charge in [0.05, 0.1) is 12.5 Å². The molecular formula is C15H16Cl2N2O2. The van der Waals surface area contributed by atoms with Crippen LogP contribution in [-0.2, 0) is 11.2 Å². The van der Waals surface area contributed by atoms with Crippen molar-refractivity contribution in [1.82, 2.24) is 10.3 Å². The quantitative estimate of drug-likeness (QED) is 0.763. The van der Waals surface area contributed by atoms with Gasteiger partial charge in [-0.3, -0.25) is 4.79 Å². The Morgan fingerprint density at radius 3 is 2.62 bits per heavy atom. The molecule has 2 aromatic rings. The number of hydrogen-bond acceptors (Lipinski definition) is 2. The minimum atomic E-state index is -0.924. The van der Waals surface area contributed by atoms with Crippen LogP contribution in [0.1, 0.15) is 23.8 Å². The molecule has 3 N–H and O–H groups in total. The third-order valence-electron chi connectivity index (χ3n) is 3.03. The predicted molar refractivity (Wildman–Crippen MR) is 83.5 cm³/mol. The zero-order valence-electron chi connectivity index (χ0n) is 11.3. The Labute approximate surface area is 133 Å². The van der Waals surface area contributed by atoms with Gasteiger partial charge in [-0.2, -0.15) is 0 Å². The SMILES string of the molecule is O=C(CC(O)c1cc(Cl)cc(Cl)c1)NCCc1ccc[nH]1. The first-order chi connectivity index (χ1) is 10.0. The molecule has 1 aromatic carbocycles. The summed E-state index contributed by atoms with van der Waals surface area (Å²) in [7, 11) is 0. The fraction of sp³-hybridized carbons (Fsp3) is 0.267. The molecule has 112 valence electrons. The van der Waals surface area contributed by atoms with E-state index >= 15 is 0 Å². The van der Waals surface area contributed by atoms with Gasteiger partial charge in [-0.1, -0.05) is 23.2 Å². The maximum absolute atomic E-state index is 11.8. The summed E-state index contributed by atoms with van der Waals surface area (Å²) in [5, 5.41) is 13.7. The van der Waals surface area contributed by atoms with E-state index in [4.69, 9.17) is 23.2 Å². The summed E-state index contributed by atoms with van der Waals surface area (Å²) >= 11 is 11.7. The van der Waals surface area contributed by atoms with Crippen molar-refractivity contribution in [2.24, 2.45) is 0 Å². The van der Waals surface area contributed by atoms with Gasteiger partial charge in [0.15, 0.2) is 0 Å². The third-order valence-corrected chi connectivity index (χ3v) is 3.46. The predicted octanol–water partition coefficient (Wildman–Crippen LogP) is 3.10. The summed E-state index contributed by atoms with van der Waals surface area (Å²) < 4.78 is 0. The van der Waals surface area contributed by atoms with E-state index in [0.717, 1.165) is 12.1 Å². The molecule has 1 aromatic heterocycles. The van der Waals surface area contributed by atoms with Crippen molar-refractivity contribution < 1.29 is 9.90 Å². The van der Waals surface area contributed by atoms with E-state index in [0.29, 0.717) is 22.2 Å². The molecule has 0 aliphatic heterocycles. The van der Waals surface area contributed by atoms with Gasteiger partial charge in [-0.15, -0.1) is 0 Å². The van der Waals surface area contributed by atoms with Crippen molar-refractivity contribution in [2.45, 2.75) is 18.9 Å². The Bertz CT molecular complexity index is 579. The van der Waals surface area contributed by atoms with Crippen LogP contribution in [0.2, 0.25) is 10.0 Å². The summed E-state index contributed by atoms with van der Waals surface area (Å²) in [6.45, 7) is 0.516. The van der Waals surface area contributed by atoms with E-state index in [1.165, 1.54) is 0 Å². The number of aliphatic hydroxyl groups excluding tert-OH is 1. The molecule has 6 heteroatoms. The zero-order valence-corrected chi connectivity index (χ0v) is 12.8. The number of nitrogens with one attached hydrogen (secondary N) is 2. The zero-order chi connectivity index (χ0) is 15.2. The van der Waals surface area contributed by atoms with E-state index in [-0.39, 0.29) is 12.3 Å². The van der Waals surface area contributed by atoms with Crippen molar-refractivity contribution in [3.05, 3.63) is 57.8 Å². The molecule has 0 aliphatic rings. The first-order valence-electron chi connectivity index (χ1n) is 6.57. The van der Waals surface area contributed by atoms with Gasteiger partial charge < -0.3 is 15.4 Å². The Hall–Kier alpha value is -1.49. The molecule has 4 nitrogen and oxygen atoms in total. The summed E-state index contributed by atoms with van der Waals surface area (Å²) in [4.78, 5) is 14.8. The molecule has 2 rings (SSSR count). The largest absolute Gasteiger partial charge is 0.388 e. The molecule has 0 aliphatic carbocycles. The average molecular weight is 327 g/mol. The molecule has 0 saturated heterocycles.